The number of hydrogen-bond donors (Lipinski definition) is 2. The van der Waals surface area contributed by atoms with Crippen molar-refractivity contribution in [1.29, 1.82) is 0 Å². The molecule has 1 aliphatic heterocycles. The average Bonchev–Trinajstić information content (AvgIpc) is 2.15. The molecule has 3 N–H and O–H groups in total. The zero-order chi connectivity index (χ0) is 10.7. The van der Waals surface area contributed by atoms with Gasteiger partial charge in [-0.1, -0.05) is 13.8 Å². The number of likely N-dealkylation sites (tertiary alicyclic amines) is 1. The first-order chi connectivity index (χ1) is 6.52. The van der Waals surface area contributed by atoms with Crippen LogP contribution in [0.3, 0.4) is 0 Å². The second kappa shape index (κ2) is 4.75. The molecule has 4 nitrogen and oxygen atoms in total. The Morgan fingerprint density at radius 3 is 2.71 bits per heavy atom. The van der Waals surface area contributed by atoms with Gasteiger partial charge >= 0.3 is 0 Å². The molecule has 2 atom stereocenters. The molecule has 1 heterocycles. The highest BCUT2D eigenvalue weighted by Crippen LogP contribution is 2.12. The Morgan fingerprint density at radius 2 is 2.21 bits per heavy atom. The first-order valence-corrected chi connectivity index (χ1v) is 5.24. The van der Waals surface area contributed by atoms with Gasteiger partial charge in [-0.15, -0.1) is 0 Å². The lowest BCUT2D eigenvalue weighted by Gasteiger charge is -2.32. The van der Waals surface area contributed by atoms with Crippen LogP contribution < -0.4 is 5.73 Å². The zero-order valence-electron chi connectivity index (χ0n) is 8.94. The molecule has 0 bridgehead atoms. The number of β-amino-alcohol motifs (C(OH)–C–C–N with tert-alkyl or cyclic N) is 1. The van der Waals surface area contributed by atoms with Gasteiger partial charge in [0.25, 0.3) is 0 Å². The predicted octanol–water partition coefficient (Wildman–Crippen LogP) is -0.0470. The molecule has 1 amide bonds. The Labute approximate surface area is 85.1 Å². The Kier molecular flexibility index (Phi) is 3.89. The standard InChI is InChI=1S/C10H20N2O2/c1-7(2)9(11)10(14)12-5-3-4-8(13)6-12/h7-9,13H,3-6,11H2,1-2H3/t8-,9?/m0/s1. The van der Waals surface area contributed by atoms with Crippen LogP contribution in [0.25, 0.3) is 0 Å². The molecule has 1 saturated heterocycles. The second-order valence-electron chi connectivity index (χ2n) is 4.35. The van der Waals surface area contributed by atoms with Crippen LogP contribution in [0.2, 0.25) is 0 Å². The summed E-state index contributed by atoms with van der Waals surface area (Å²) in [5.41, 5.74) is 5.76. The predicted molar refractivity (Wildman–Crippen MR) is 54.6 cm³/mol. The molecule has 0 aromatic heterocycles. The smallest absolute Gasteiger partial charge is 0.239 e. The molecule has 82 valence electrons. The van der Waals surface area contributed by atoms with Gasteiger partial charge in [0.15, 0.2) is 0 Å². The van der Waals surface area contributed by atoms with E-state index in [-0.39, 0.29) is 17.9 Å². The highest BCUT2D eigenvalue weighted by atomic mass is 16.3. The van der Waals surface area contributed by atoms with Gasteiger partial charge in [0.2, 0.25) is 5.91 Å². The molecule has 0 saturated carbocycles. The maximum atomic E-state index is 11.8. The van der Waals surface area contributed by atoms with Crippen molar-refractivity contribution in [2.45, 2.75) is 38.8 Å². The van der Waals surface area contributed by atoms with Crippen molar-refractivity contribution in [2.24, 2.45) is 11.7 Å². The van der Waals surface area contributed by atoms with Crippen LogP contribution in [-0.4, -0.2) is 41.1 Å². The van der Waals surface area contributed by atoms with Crippen molar-refractivity contribution in [1.82, 2.24) is 4.90 Å². The van der Waals surface area contributed by atoms with Crippen molar-refractivity contribution in [3.05, 3.63) is 0 Å². The van der Waals surface area contributed by atoms with Crippen molar-refractivity contribution in [3.63, 3.8) is 0 Å². The van der Waals surface area contributed by atoms with E-state index in [1.807, 2.05) is 13.8 Å². The summed E-state index contributed by atoms with van der Waals surface area (Å²) < 4.78 is 0. The number of nitrogens with zero attached hydrogens (tertiary/aromatic N) is 1. The number of rotatable bonds is 2. The molecule has 0 aromatic carbocycles. The van der Waals surface area contributed by atoms with Crippen LogP contribution in [0.1, 0.15) is 26.7 Å². The zero-order valence-corrected chi connectivity index (χ0v) is 8.94. The van der Waals surface area contributed by atoms with Gasteiger partial charge in [-0.25, -0.2) is 0 Å². The Bertz CT molecular complexity index is 206. The largest absolute Gasteiger partial charge is 0.391 e. The Morgan fingerprint density at radius 1 is 1.57 bits per heavy atom. The summed E-state index contributed by atoms with van der Waals surface area (Å²) in [6, 6.07) is -0.430. The fraction of sp³-hybridized carbons (Fsp3) is 0.900. The summed E-state index contributed by atoms with van der Waals surface area (Å²) in [6.45, 7) is 5.04. The molecule has 0 radical (unpaired) electrons. The van der Waals surface area contributed by atoms with Crippen LogP contribution >= 0.6 is 0 Å². The molecular formula is C10H20N2O2. The molecule has 0 aliphatic carbocycles. The van der Waals surface area contributed by atoms with Crippen LogP contribution in [0.4, 0.5) is 0 Å². The molecule has 1 unspecified atom stereocenters. The highest BCUT2D eigenvalue weighted by molar-refractivity contribution is 5.82. The molecule has 0 spiro atoms. The Balaban J connectivity index is 2.51. The fourth-order valence-corrected chi connectivity index (χ4v) is 1.65. The van der Waals surface area contributed by atoms with Crippen LogP contribution in [-0.2, 0) is 4.79 Å². The van der Waals surface area contributed by atoms with Gasteiger partial charge in [0, 0.05) is 13.1 Å². The van der Waals surface area contributed by atoms with Crippen molar-refractivity contribution in [3.8, 4) is 0 Å². The molecule has 14 heavy (non-hydrogen) atoms. The third-order valence-corrected chi connectivity index (χ3v) is 2.71. The van der Waals surface area contributed by atoms with Gasteiger partial charge < -0.3 is 15.7 Å². The van der Waals surface area contributed by atoms with E-state index in [0.29, 0.717) is 6.54 Å². The number of nitrogens with two attached hydrogens (primary N) is 1. The van der Waals surface area contributed by atoms with E-state index in [1.165, 1.54) is 0 Å². The number of aliphatic hydroxyl groups is 1. The normalized spacial score (nSPS) is 25.2. The topological polar surface area (TPSA) is 66.6 Å². The summed E-state index contributed by atoms with van der Waals surface area (Å²) in [4.78, 5) is 13.5. The minimum Gasteiger partial charge on any atom is -0.391 e. The number of hydrogen-bond acceptors (Lipinski definition) is 3. The van der Waals surface area contributed by atoms with E-state index < -0.39 is 6.04 Å². The fourth-order valence-electron chi connectivity index (χ4n) is 1.65. The Hall–Kier alpha value is -0.610. The second-order valence-corrected chi connectivity index (χ2v) is 4.35. The lowest BCUT2D eigenvalue weighted by atomic mass is 10.0. The van der Waals surface area contributed by atoms with E-state index >= 15 is 0 Å². The number of aliphatic hydroxyl groups excluding tert-OH is 1. The van der Waals surface area contributed by atoms with Gasteiger partial charge in [-0.05, 0) is 18.8 Å². The lowest BCUT2D eigenvalue weighted by molar-refractivity contribution is -0.136. The number of carbonyl (C=O) groups excluding carboxylic acids is 1. The summed E-state index contributed by atoms with van der Waals surface area (Å²) >= 11 is 0. The monoisotopic (exact) mass is 200 g/mol. The number of carbonyl (C=O) groups is 1. The minimum absolute atomic E-state index is 0.0289. The molecule has 1 aliphatic rings. The third-order valence-electron chi connectivity index (χ3n) is 2.71. The number of amides is 1. The first-order valence-electron chi connectivity index (χ1n) is 5.24. The van der Waals surface area contributed by atoms with Gasteiger partial charge in [-0.3, -0.25) is 4.79 Å². The molecule has 1 rings (SSSR count). The van der Waals surface area contributed by atoms with Crippen LogP contribution in [0.15, 0.2) is 0 Å². The minimum atomic E-state index is -0.430. The van der Waals surface area contributed by atoms with Gasteiger partial charge in [0.05, 0.1) is 12.1 Å². The maximum Gasteiger partial charge on any atom is 0.239 e. The van der Waals surface area contributed by atoms with Gasteiger partial charge in [-0.2, -0.15) is 0 Å². The summed E-state index contributed by atoms with van der Waals surface area (Å²) in [6.07, 6.45) is 1.30. The van der Waals surface area contributed by atoms with Crippen molar-refractivity contribution in [2.75, 3.05) is 13.1 Å². The SMILES string of the molecule is CC(C)C(N)C(=O)N1CCC[C@H](O)C1. The van der Waals surface area contributed by atoms with E-state index in [4.69, 9.17) is 5.73 Å². The van der Waals surface area contributed by atoms with Crippen LogP contribution in [0.5, 0.6) is 0 Å². The lowest BCUT2D eigenvalue weighted by Crippen LogP contribution is -2.51. The quantitative estimate of drug-likeness (QED) is 0.657. The van der Waals surface area contributed by atoms with Crippen molar-refractivity contribution >= 4 is 5.91 Å². The highest BCUT2D eigenvalue weighted by Gasteiger charge is 2.27. The average molecular weight is 200 g/mol. The summed E-state index contributed by atoms with van der Waals surface area (Å²) in [5, 5.41) is 9.41. The maximum absolute atomic E-state index is 11.8. The van der Waals surface area contributed by atoms with E-state index in [0.717, 1.165) is 19.4 Å². The first kappa shape index (κ1) is 11.5. The van der Waals surface area contributed by atoms with Gasteiger partial charge in [0.1, 0.15) is 0 Å². The molecule has 1 fully saturated rings. The van der Waals surface area contributed by atoms with E-state index in [2.05, 4.69) is 0 Å². The third kappa shape index (κ3) is 2.69. The van der Waals surface area contributed by atoms with Crippen molar-refractivity contribution < 1.29 is 9.90 Å². The molecule has 0 aromatic rings. The molecular weight excluding hydrogens is 180 g/mol. The van der Waals surface area contributed by atoms with Crippen LogP contribution in [0, 0.1) is 5.92 Å². The molecule has 4 heteroatoms. The number of piperidine rings is 1. The summed E-state index contributed by atoms with van der Waals surface area (Å²) in [5.74, 6) is 0.125. The summed E-state index contributed by atoms with van der Waals surface area (Å²) in [7, 11) is 0. The van der Waals surface area contributed by atoms with E-state index in [1.54, 1.807) is 4.90 Å². The van der Waals surface area contributed by atoms with E-state index in [9.17, 15) is 9.90 Å².